The van der Waals surface area contributed by atoms with E-state index in [1.165, 1.54) is 23.9 Å². The van der Waals surface area contributed by atoms with Crippen molar-refractivity contribution >= 4 is 22.7 Å². The van der Waals surface area contributed by atoms with E-state index in [2.05, 4.69) is 4.98 Å². The summed E-state index contributed by atoms with van der Waals surface area (Å²) in [6.07, 6.45) is 1.86. The molecule has 1 aromatic heterocycles. The van der Waals surface area contributed by atoms with E-state index in [-0.39, 0.29) is 11.7 Å². The Labute approximate surface area is 159 Å². The van der Waals surface area contributed by atoms with Crippen LogP contribution in [0.4, 0.5) is 8.78 Å². The first-order chi connectivity index (χ1) is 13.1. The second kappa shape index (κ2) is 7.78. The summed E-state index contributed by atoms with van der Waals surface area (Å²) in [4.78, 5) is 17.6. The highest BCUT2D eigenvalue weighted by molar-refractivity contribution is 7.98. The number of benzene rings is 2. The van der Waals surface area contributed by atoms with Gasteiger partial charge in [0.2, 0.25) is 0 Å². The quantitative estimate of drug-likeness (QED) is 0.487. The maximum atomic E-state index is 13.4. The standard InChI is InChI=1S/C20H18F2N2O2S/c21-14-8-13(9-15(22)10-14)12-27-20-23-18-6-2-1-5-17(18)19(25)24(20)11-16-4-3-7-26-16/h1-2,5-6,8-10,16H,3-4,7,11-12H2/t16-/m0/s1. The van der Waals surface area contributed by atoms with Gasteiger partial charge in [0.15, 0.2) is 5.16 Å². The first-order valence-corrected chi connectivity index (χ1v) is 9.77. The molecule has 1 fully saturated rings. The van der Waals surface area contributed by atoms with E-state index in [0.29, 0.717) is 40.5 Å². The van der Waals surface area contributed by atoms with Crippen LogP contribution in [0.15, 0.2) is 52.4 Å². The summed E-state index contributed by atoms with van der Waals surface area (Å²) in [6.45, 7) is 1.13. The van der Waals surface area contributed by atoms with E-state index < -0.39 is 11.6 Å². The van der Waals surface area contributed by atoms with Crippen molar-refractivity contribution in [1.82, 2.24) is 9.55 Å². The molecule has 0 radical (unpaired) electrons. The Hall–Kier alpha value is -2.25. The number of hydrogen-bond acceptors (Lipinski definition) is 4. The molecule has 0 spiro atoms. The van der Waals surface area contributed by atoms with E-state index >= 15 is 0 Å². The first kappa shape index (κ1) is 18.1. The number of rotatable bonds is 5. The summed E-state index contributed by atoms with van der Waals surface area (Å²) in [5, 5.41) is 1.08. The second-order valence-electron chi connectivity index (χ2n) is 6.53. The van der Waals surface area contributed by atoms with E-state index in [0.717, 1.165) is 18.9 Å². The van der Waals surface area contributed by atoms with Gasteiger partial charge in [-0.1, -0.05) is 23.9 Å². The Bertz CT molecular complexity index is 1010. The molecule has 4 rings (SSSR count). The maximum Gasteiger partial charge on any atom is 0.262 e. The topological polar surface area (TPSA) is 44.1 Å². The molecule has 1 saturated heterocycles. The highest BCUT2D eigenvalue weighted by atomic mass is 32.2. The Morgan fingerprint density at radius 2 is 1.96 bits per heavy atom. The van der Waals surface area contributed by atoms with Gasteiger partial charge in [-0.25, -0.2) is 13.8 Å². The first-order valence-electron chi connectivity index (χ1n) is 8.79. The summed E-state index contributed by atoms with van der Waals surface area (Å²) in [6, 6.07) is 10.6. The molecule has 1 atom stereocenters. The fraction of sp³-hybridized carbons (Fsp3) is 0.300. The van der Waals surface area contributed by atoms with Crippen molar-refractivity contribution in [2.24, 2.45) is 0 Å². The molecule has 7 heteroatoms. The molecule has 27 heavy (non-hydrogen) atoms. The number of ether oxygens (including phenoxy) is 1. The zero-order valence-electron chi connectivity index (χ0n) is 14.5. The number of thioether (sulfide) groups is 1. The van der Waals surface area contributed by atoms with E-state index in [4.69, 9.17) is 4.74 Å². The minimum atomic E-state index is -0.617. The highest BCUT2D eigenvalue weighted by Crippen LogP contribution is 2.24. The van der Waals surface area contributed by atoms with E-state index in [9.17, 15) is 13.6 Å². The fourth-order valence-electron chi connectivity index (χ4n) is 3.25. The monoisotopic (exact) mass is 388 g/mol. The molecular weight excluding hydrogens is 370 g/mol. The van der Waals surface area contributed by atoms with Crippen LogP contribution < -0.4 is 5.56 Å². The van der Waals surface area contributed by atoms with Gasteiger partial charge in [-0.05, 0) is 42.7 Å². The minimum Gasteiger partial charge on any atom is -0.376 e. The lowest BCUT2D eigenvalue weighted by molar-refractivity contribution is 0.0937. The average Bonchev–Trinajstić information content (AvgIpc) is 3.15. The molecule has 3 aromatic rings. The predicted octanol–water partition coefficient (Wildman–Crippen LogP) is 4.15. The average molecular weight is 388 g/mol. The molecule has 0 unspecified atom stereocenters. The third kappa shape index (κ3) is 4.04. The molecule has 0 aliphatic carbocycles. The van der Waals surface area contributed by atoms with Crippen LogP contribution >= 0.6 is 11.8 Å². The number of hydrogen-bond donors (Lipinski definition) is 0. The van der Waals surface area contributed by atoms with Crippen molar-refractivity contribution in [3.8, 4) is 0 Å². The number of nitrogens with zero attached hydrogens (tertiary/aromatic N) is 2. The van der Waals surface area contributed by atoms with Gasteiger partial charge in [-0.2, -0.15) is 0 Å². The minimum absolute atomic E-state index is 0.0170. The Kier molecular flexibility index (Phi) is 5.22. The van der Waals surface area contributed by atoms with Crippen LogP contribution in [0.5, 0.6) is 0 Å². The Balaban J connectivity index is 1.69. The second-order valence-corrected chi connectivity index (χ2v) is 7.47. The largest absolute Gasteiger partial charge is 0.376 e. The Morgan fingerprint density at radius 3 is 2.70 bits per heavy atom. The summed E-state index contributed by atoms with van der Waals surface area (Å²) in [7, 11) is 0. The van der Waals surface area contributed by atoms with E-state index in [1.54, 1.807) is 16.7 Å². The molecule has 2 aromatic carbocycles. The smallest absolute Gasteiger partial charge is 0.262 e. The highest BCUT2D eigenvalue weighted by Gasteiger charge is 2.20. The number of halogens is 2. The molecule has 4 nitrogen and oxygen atoms in total. The van der Waals surface area contributed by atoms with Gasteiger partial charge in [0.1, 0.15) is 11.6 Å². The lowest BCUT2D eigenvalue weighted by Gasteiger charge is -2.16. The van der Waals surface area contributed by atoms with Crippen molar-refractivity contribution in [3.63, 3.8) is 0 Å². The van der Waals surface area contributed by atoms with Gasteiger partial charge in [-0.15, -0.1) is 0 Å². The van der Waals surface area contributed by atoms with Crippen molar-refractivity contribution < 1.29 is 13.5 Å². The predicted molar refractivity (Wildman–Crippen MR) is 101 cm³/mol. The van der Waals surface area contributed by atoms with Gasteiger partial charge in [0.05, 0.1) is 23.6 Å². The summed E-state index contributed by atoms with van der Waals surface area (Å²) >= 11 is 1.29. The SMILES string of the molecule is O=c1c2ccccc2nc(SCc2cc(F)cc(F)c2)n1C[C@@H]1CCCO1. The van der Waals surface area contributed by atoms with Gasteiger partial charge in [0, 0.05) is 18.4 Å². The van der Waals surface area contributed by atoms with Crippen LogP contribution in [0.25, 0.3) is 10.9 Å². The third-order valence-corrected chi connectivity index (χ3v) is 5.57. The molecular formula is C20H18F2N2O2S. The molecule has 0 N–H and O–H groups in total. The van der Waals surface area contributed by atoms with Crippen LogP contribution in [0, 0.1) is 11.6 Å². The van der Waals surface area contributed by atoms with Gasteiger partial charge < -0.3 is 4.74 Å². The Morgan fingerprint density at radius 1 is 1.19 bits per heavy atom. The summed E-state index contributed by atoms with van der Waals surface area (Å²) < 4.78 is 34.2. The molecule has 2 heterocycles. The molecule has 0 bridgehead atoms. The van der Waals surface area contributed by atoms with Crippen LogP contribution in [0.3, 0.4) is 0 Å². The van der Waals surface area contributed by atoms with Crippen molar-refractivity contribution in [1.29, 1.82) is 0 Å². The number of fused-ring (bicyclic) bond motifs is 1. The van der Waals surface area contributed by atoms with Crippen LogP contribution in [-0.2, 0) is 17.0 Å². The molecule has 140 valence electrons. The third-order valence-electron chi connectivity index (χ3n) is 4.53. The molecule has 0 saturated carbocycles. The molecule has 1 aliphatic heterocycles. The lowest BCUT2D eigenvalue weighted by Crippen LogP contribution is -2.28. The van der Waals surface area contributed by atoms with Crippen LogP contribution in [-0.4, -0.2) is 22.3 Å². The van der Waals surface area contributed by atoms with Crippen LogP contribution in [0.1, 0.15) is 18.4 Å². The van der Waals surface area contributed by atoms with E-state index in [1.807, 2.05) is 12.1 Å². The lowest BCUT2D eigenvalue weighted by atomic mass is 10.2. The molecule has 1 aliphatic rings. The normalized spacial score (nSPS) is 16.9. The number of para-hydroxylation sites is 1. The van der Waals surface area contributed by atoms with Gasteiger partial charge >= 0.3 is 0 Å². The summed E-state index contributed by atoms with van der Waals surface area (Å²) in [5.74, 6) is -0.923. The fourth-order valence-corrected chi connectivity index (χ4v) is 4.19. The van der Waals surface area contributed by atoms with Gasteiger partial charge in [-0.3, -0.25) is 9.36 Å². The molecule has 0 amide bonds. The maximum absolute atomic E-state index is 13.4. The van der Waals surface area contributed by atoms with Gasteiger partial charge in [0.25, 0.3) is 5.56 Å². The van der Waals surface area contributed by atoms with Crippen molar-refractivity contribution in [3.05, 3.63) is 70.0 Å². The zero-order valence-corrected chi connectivity index (χ0v) is 15.3. The van der Waals surface area contributed by atoms with Crippen molar-refractivity contribution in [2.45, 2.75) is 36.4 Å². The number of aromatic nitrogens is 2. The van der Waals surface area contributed by atoms with Crippen LogP contribution in [0.2, 0.25) is 0 Å². The summed E-state index contributed by atoms with van der Waals surface area (Å²) in [5.41, 5.74) is 0.992. The zero-order chi connectivity index (χ0) is 18.8. The van der Waals surface area contributed by atoms with Crippen molar-refractivity contribution in [2.75, 3.05) is 6.61 Å².